The molecule has 0 radical (unpaired) electrons. The molecule has 42 heavy (non-hydrogen) atoms. The van der Waals surface area contributed by atoms with Gasteiger partial charge in [0.1, 0.15) is 22.9 Å². The zero-order valence-electron chi connectivity index (χ0n) is 24.4. The lowest BCUT2D eigenvalue weighted by Crippen LogP contribution is -2.58. The van der Waals surface area contributed by atoms with Crippen LogP contribution in [0.3, 0.4) is 0 Å². The van der Waals surface area contributed by atoms with Gasteiger partial charge in [0.15, 0.2) is 0 Å². The summed E-state index contributed by atoms with van der Waals surface area (Å²) >= 11 is 11.9. The van der Waals surface area contributed by atoms with E-state index in [9.17, 15) is 18.8 Å². The molecule has 0 N–H and O–H groups in total. The van der Waals surface area contributed by atoms with Gasteiger partial charge in [0.2, 0.25) is 0 Å². The molecule has 2 saturated heterocycles. The van der Waals surface area contributed by atoms with Crippen LogP contribution in [-0.2, 0) is 20.9 Å². The Hall–Kier alpha value is -3.08. The van der Waals surface area contributed by atoms with E-state index in [4.69, 9.17) is 32.7 Å². The van der Waals surface area contributed by atoms with Crippen LogP contribution in [-0.4, -0.2) is 95.5 Å². The van der Waals surface area contributed by atoms with E-state index in [-0.39, 0.29) is 29.5 Å². The van der Waals surface area contributed by atoms with Gasteiger partial charge in [0.05, 0.1) is 5.02 Å². The van der Waals surface area contributed by atoms with Gasteiger partial charge in [-0.05, 0) is 57.9 Å². The monoisotopic (exact) mass is 622 g/mol. The van der Waals surface area contributed by atoms with E-state index in [2.05, 4.69) is 4.90 Å². The first-order valence-electron chi connectivity index (χ1n) is 14.0. The first kappa shape index (κ1) is 31.8. The number of halogens is 3. The molecule has 0 aromatic heterocycles. The molecule has 2 aromatic rings. The van der Waals surface area contributed by atoms with Gasteiger partial charge in [-0.25, -0.2) is 9.18 Å². The van der Waals surface area contributed by atoms with E-state index in [1.807, 2.05) is 20.8 Å². The van der Waals surface area contributed by atoms with Gasteiger partial charge < -0.3 is 24.2 Å². The number of likely N-dealkylation sites (tertiary alicyclic amines) is 1. The Morgan fingerprint density at radius 1 is 1.00 bits per heavy atom. The van der Waals surface area contributed by atoms with Crippen LogP contribution in [0.5, 0.6) is 11.5 Å². The normalized spacial score (nSPS) is 18.0. The molecule has 4 rings (SSSR count). The predicted octanol–water partition coefficient (Wildman–Crippen LogP) is 5.43. The van der Waals surface area contributed by atoms with Crippen molar-refractivity contribution in [2.45, 2.75) is 51.8 Å². The summed E-state index contributed by atoms with van der Waals surface area (Å²) in [5.74, 6) is -1.27. The number of amides is 3. The highest BCUT2D eigenvalue weighted by atomic mass is 35.5. The van der Waals surface area contributed by atoms with Crippen molar-refractivity contribution in [1.82, 2.24) is 19.6 Å². The van der Waals surface area contributed by atoms with Gasteiger partial charge in [0, 0.05) is 75.6 Å². The second-order valence-electron chi connectivity index (χ2n) is 11.6. The van der Waals surface area contributed by atoms with Crippen molar-refractivity contribution in [1.29, 1.82) is 0 Å². The molecule has 2 fully saturated rings. The number of hydrogen-bond acceptors (Lipinski definition) is 6. The quantitative estimate of drug-likeness (QED) is 0.414. The molecule has 1 unspecified atom stereocenters. The van der Waals surface area contributed by atoms with Gasteiger partial charge in [-0.3, -0.25) is 14.5 Å². The Labute approximate surface area is 256 Å². The third kappa shape index (κ3) is 8.26. The Bertz CT molecular complexity index is 1310. The third-order valence-corrected chi connectivity index (χ3v) is 7.79. The number of likely N-dealkylation sites (N-methyl/N-ethyl adjacent to an activating group) is 1. The summed E-state index contributed by atoms with van der Waals surface area (Å²) in [6, 6.07) is 9.11. The summed E-state index contributed by atoms with van der Waals surface area (Å²) in [6.07, 6.45) is 1.38. The van der Waals surface area contributed by atoms with E-state index in [0.29, 0.717) is 55.6 Å². The largest absolute Gasteiger partial charge is 0.457 e. The summed E-state index contributed by atoms with van der Waals surface area (Å²) in [7, 11) is 1.55. The number of hydrogen-bond donors (Lipinski definition) is 0. The van der Waals surface area contributed by atoms with Crippen LogP contribution in [0.1, 0.15) is 39.2 Å². The van der Waals surface area contributed by atoms with Crippen molar-refractivity contribution < 1.29 is 28.2 Å². The Morgan fingerprint density at radius 2 is 1.71 bits per heavy atom. The van der Waals surface area contributed by atoms with Gasteiger partial charge in [0.25, 0.3) is 0 Å². The number of piperidine rings is 1. The van der Waals surface area contributed by atoms with Crippen LogP contribution in [0, 0.1) is 5.82 Å². The topological polar surface area (TPSA) is 82.6 Å². The van der Waals surface area contributed by atoms with E-state index in [1.54, 1.807) is 35.0 Å². The average molecular weight is 624 g/mol. The number of piperazine rings is 1. The molecule has 2 aliphatic heterocycles. The highest BCUT2D eigenvalue weighted by molar-refractivity contribution is 6.34. The number of benzene rings is 2. The van der Waals surface area contributed by atoms with Crippen LogP contribution in [0.15, 0.2) is 36.4 Å². The van der Waals surface area contributed by atoms with Gasteiger partial charge in [-0.2, -0.15) is 0 Å². The van der Waals surface area contributed by atoms with E-state index in [1.165, 1.54) is 17.0 Å². The Kier molecular flexibility index (Phi) is 10.2. The molecule has 228 valence electrons. The molecule has 2 aromatic carbocycles. The van der Waals surface area contributed by atoms with Gasteiger partial charge in [-0.15, -0.1) is 0 Å². The van der Waals surface area contributed by atoms with E-state index < -0.39 is 23.2 Å². The lowest BCUT2D eigenvalue weighted by Gasteiger charge is -2.43. The maximum atomic E-state index is 13.9. The van der Waals surface area contributed by atoms with Crippen molar-refractivity contribution >= 4 is 41.1 Å². The van der Waals surface area contributed by atoms with Crippen molar-refractivity contribution in [3.63, 3.8) is 0 Å². The molecule has 0 spiro atoms. The number of carbonyl (C=O) groups excluding carboxylic acids is 3. The van der Waals surface area contributed by atoms with Crippen molar-refractivity contribution in [2.75, 3.05) is 46.3 Å². The highest BCUT2D eigenvalue weighted by Crippen LogP contribution is 2.31. The SMILES string of the molecule is CN(Cc1ccc(Cl)cc1Oc1ccc(Cl)c(F)c1)C(=O)C(=O)N1CCCC(N2CCN(C(=O)OC(C)(C)C)CC2)C1. The lowest BCUT2D eigenvalue weighted by atomic mass is 10.0. The van der Waals surface area contributed by atoms with E-state index >= 15 is 0 Å². The minimum absolute atomic E-state index is 0.0273. The molecule has 0 bridgehead atoms. The van der Waals surface area contributed by atoms with E-state index in [0.717, 1.165) is 18.9 Å². The standard InChI is InChI=1S/C30H37Cl2FN4O5/c1-30(2,3)42-29(40)36-14-12-35(13-15-36)22-6-5-11-37(19-22)28(39)27(38)34(4)18-20-7-8-21(31)16-26(20)41-23-9-10-24(32)25(33)17-23/h7-10,16-17,22H,5-6,11-15,18-19H2,1-4H3. The second kappa shape index (κ2) is 13.5. The van der Waals surface area contributed by atoms with Crippen LogP contribution in [0.4, 0.5) is 9.18 Å². The zero-order chi connectivity index (χ0) is 30.6. The highest BCUT2D eigenvalue weighted by Gasteiger charge is 2.34. The molecule has 2 heterocycles. The number of rotatable bonds is 5. The van der Waals surface area contributed by atoms with Crippen LogP contribution >= 0.6 is 23.2 Å². The number of nitrogens with zero attached hydrogens (tertiary/aromatic N) is 4. The molecule has 0 saturated carbocycles. The molecular formula is C30H37Cl2FN4O5. The van der Waals surface area contributed by atoms with Gasteiger partial charge in [-0.1, -0.05) is 29.3 Å². The van der Waals surface area contributed by atoms with Crippen molar-refractivity contribution in [3.8, 4) is 11.5 Å². The first-order valence-corrected chi connectivity index (χ1v) is 14.7. The van der Waals surface area contributed by atoms with Gasteiger partial charge >= 0.3 is 17.9 Å². The van der Waals surface area contributed by atoms with Crippen molar-refractivity contribution in [3.05, 3.63) is 57.8 Å². The van der Waals surface area contributed by atoms with Crippen LogP contribution in [0.2, 0.25) is 10.0 Å². The smallest absolute Gasteiger partial charge is 0.410 e. The Morgan fingerprint density at radius 3 is 2.38 bits per heavy atom. The summed E-state index contributed by atoms with van der Waals surface area (Å²) in [5.41, 5.74) is 0.0499. The van der Waals surface area contributed by atoms with Crippen LogP contribution < -0.4 is 4.74 Å². The summed E-state index contributed by atoms with van der Waals surface area (Å²) in [5, 5.41) is 0.375. The summed E-state index contributed by atoms with van der Waals surface area (Å²) < 4.78 is 25.3. The molecule has 9 nitrogen and oxygen atoms in total. The lowest BCUT2D eigenvalue weighted by molar-refractivity contribution is -0.152. The maximum Gasteiger partial charge on any atom is 0.410 e. The third-order valence-electron chi connectivity index (χ3n) is 7.25. The van der Waals surface area contributed by atoms with Crippen LogP contribution in [0.25, 0.3) is 0 Å². The molecule has 12 heteroatoms. The first-order chi connectivity index (χ1) is 19.8. The Balaban J connectivity index is 1.34. The summed E-state index contributed by atoms with van der Waals surface area (Å²) in [4.78, 5) is 45.8. The minimum atomic E-state index is -0.635. The average Bonchev–Trinajstić information content (AvgIpc) is 2.95. The fourth-order valence-electron chi connectivity index (χ4n) is 5.08. The second-order valence-corrected chi connectivity index (χ2v) is 12.5. The minimum Gasteiger partial charge on any atom is -0.457 e. The molecule has 0 aliphatic carbocycles. The zero-order valence-corrected chi connectivity index (χ0v) is 25.9. The maximum absolute atomic E-state index is 13.9. The van der Waals surface area contributed by atoms with Crippen molar-refractivity contribution in [2.24, 2.45) is 0 Å². The number of ether oxygens (including phenoxy) is 2. The molecular weight excluding hydrogens is 586 g/mol. The number of carbonyl (C=O) groups is 3. The molecule has 2 aliphatic rings. The molecule has 1 atom stereocenters. The fourth-order valence-corrected chi connectivity index (χ4v) is 5.36. The predicted molar refractivity (Wildman–Crippen MR) is 158 cm³/mol. The fraction of sp³-hybridized carbons (Fsp3) is 0.500. The summed E-state index contributed by atoms with van der Waals surface area (Å²) in [6.45, 7) is 9.03. The molecule has 3 amide bonds.